The molecular weight excluding hydrogens is 645 g/mol. The van der Waals surface area contributed by atoms with Gasteiger partial charge in [-0.15, -0.1) is 0 Å². The molecule has 0 radical (unpaired) electrons. The fraction of sp³-hybridized carbons (Fsp3) is 0.120. The van der Waals surface area contributed by atoms with Crippen molar-refractivity contribution in [3.05, 3.63) is 95.7 Å². The molecule has 0 fully saturated rings. The number of carbonyl (C=O) groups is 1. The molecule has 0 saturated heterocycles. The van der Waals surface area contributed by atoms with Gasteiger partial charge in [-0.05, 0) is 77.0 Å². The average Bonchev–Trinajstić information content (AvgIpc) is 3.28. The predicted octanol–water partition coefficient (Wildman–Crippen LogP) is 6.45. The summed E-state index contributed by atoms with van der Waals surface area (Å²) in [7, 11) is 0. The summed E-state index contributed by atoms with van der Waals surface area (Å²) in [5.41, 5.74) is 4.40. The molecule has 4 rings (SSSR count). The lowest BCUT2D eigenvalue weighted by atomic mass is 10.2. The van der Waals surface area contributed by atoms with Crippen molar-refractivity contribution in [1.82, 2.24) is 5.43 Å². The van der Waals surface area contributed by atoms with Crippen LogP contribution in [0.3, 0.4) is 0 Å². The van der Waals surface area contributed by atoms with E-state index in [4.69, 9.17) is 13.9 Å². The molecule has 0 spiro atoms. The summed E-state index contributed by atoms with van der Waals surface area (Å²) in [6.07, 6.45) is 1.48. The van der Waals surface area contributed by atoms with Crippen LogP contribution in [0.2, 0.25) is 0 Å². The highest BCUT2D eigenvalue weighted by Gasteiger charge is 2.15. The van der Waals surface area contributed by atoms with Gasteiger partial charge in [0, 0.05) is 22.0 Å². The van der Waals surface area contributed by atoms with Crippen molar-refractivity contribution in [2.24, 2.45) is 5.10 Å². The summed E-state index contributed by atoms with van der Waals surface area (Å²) in [6, 6.07) is 17.0. The van der Waals surface area contributed by atoms with Crippen LogP contribution >= 0.6 is 38.5 Å². The van der Waals surface area contributed by atoms with Crippen molar-refractivity contribution < 1.29 is 23.6 Å². The van der Waals surface area contributed by atoms with Gasteiger partial charge in [0.2, 0.25) is 0 Å². The van der Waals surface area contributed by atoms with Crippen LogP contribution < -0.4 is 14.9 Å². The molecule has 0 aliphatic heterocycles. The standard InChI is InChI=1S/C25H19BrIN3O6/c1-2-34-22-10-16(9-20(27)24(22)35-14-15-3-5-18(26)6-4-15)13-28-29-25(31)23-12-17-11-19(30(32)33)7-8-21(17)36-23/h3-13H,2,14H2,1H3,(H,29,31)/b28-13+. The maximum atomic E-state index is 12.5. The number of nitrogens with one attached hydrogen (secondary N) is 1. The van der Waals surface area contributed by atoms with Crippen molar-refractivity contribution in [2.45, 2.75) is 13.5 Å². The smallest absolute Gasteiger partial charge is 0.307 e. The van der Waals surface area contributed by atoms with Gasteiger partial charge in [-0.1, -0.05) is 28.1 Å². The van der Waals surface area contributed by atoms with Crippen LogP contribution in [0.15, 0.2) is 74.7 Å². The molecule has 0 saturated carbocycles. The van der Waals surface area contributed by atoms with Gasteiger partial charge >= 0.3 is 5.91 Å². The number of hydrogen-bond acceptors (Lipinski definition) is 7. The fourth-order valence-corrected chi connectivity index (χ4v) is 4.32. The van der Waals surface area contributed by atoms with E-state index in [0.29, 0.717) is 41.2 Å². The van der Waals surface area contributed by atoms with Crippen LogP contribution in [-0.2, 0) is 6.61 Å². The molecule has 1 aromatic heterocycles. The highest BCUT2D eigenvalue weighted by molar-refractivity contribution is 14.1. The number of amides is 1. The number of hydrogen-bond donors (Lipinski definition) is 1. The van der Waals surface area contributed by atoms with Crippen LogP contribution in [0.1, 0.15) is 28.6 Å². The summed E-state index contributed by atoms with van der Waals surface area (Å²) in [4.78, 5) is 22.9. The molecule has 1 heterocycles. The van der Waals surface area contributed by atoms with Gasteiger partial charge in [-0.25, -0.2) is 5.43 Å². The Morgan fingerprint density at radius 3 is 2.67 bits per heavy atom. The number of non-ortho nitro benzene ring substituents is 1. The molecule has 0 bridgehead atoms. The molecule has 0 atom stereocenters. The van der Waals surface area contributed by atoms with Crippen LogP contribution in [0, 0.1) is 13.7 Å². The Bertz CT molecular complexity index is 1450. The average molecular weight is 664 g/mol. The number of benzene rings is 3. The molecule has 184 valence electrons. The second kappa shape index (κ2) is 11.5. The number of ether oxygens (including phenoxy) is 2. The second-order valence-corrected chi connectivity index (χ2v) is 9.55. The van der Waals surface area contributed by atoms with Crippen LogP contribution in [0.25, 0.3) is 11.0 Å². The number of nitro groups is 1. The zero-order chi connectivity index (χ0) is 25.7. The minimum atomic E-state index is -0.584. The monoisotopic (exact) mass is 663 g/mol. The molecular formula is C25H19BrIN3O6. The van der Waals surface area contributed by atoms with E-state index in [1.54, 1.807) is 6.07 Å². The molecule has 11 heteroatoms. The second-order valence-electron chi connectivity index (χ2n) is 7.47. The van der Waals surface area contributed by atoms with E-state index in [2.05, 4.69) is 49.0 Å². The molecule has 1 N–H and O–H groups in total. The van der Waals surface area contributed by atoms with Crippen molar-refractivity contribution in [1.29, 1.82) is 0 Å². The normalized spacial score (nSPS) is 11.1. The third-order valence-electron chi connectivity index (χ3n) is 4.94. The maximum absolute atomic E-state index is 12.5. The summed E-state index contributed by atoms with van der Waals surface area (Å²) in [5, 5.41) is 15.4. The first-order chi connectivity index (χ1) is 17.3. The van der Waals surface area contributed by atoms with Gasteiger partial charge in [0.1, 0.15) is 12.2 Å². The molecule has 0 unspecified atom stereocenters. The Morgan fingerprint density at radius 1 is 1.17 bits per heavy atom. The van der Waals surface area contributed by atoms with Crippen LogP contribution in [-0.4, -0.2) is 23.7 Å². The SMILES string of the molecule is CCOc1cc(/C=N/NC(=O)c2cc3cc([N+](=O)[O-])ccc3o2)cc(I)c1OCc1ccc(Br)cc1. The summed E-state index contributed by atoms with van der Waals surface area (Å²) < 4.78 is 19.1. The number of furan rings is 1. The summed E-state index contributed by atoms with van der Waals surface area (Å²) >= 11 is 5.59. The van der Waals surface area contributed by atoms with E-state index in [9.17, 15) is 14.9 Å². The van der Waals surface area contributed by atoms with Gasteiger partial charge in [0.05, 0.1) is 21.3 Å². The molecule has 3 aromatic carbocycles. The molecule has 0 aliphatic carbocycles. The highest BCUT2D eigenvalue weighted by atomic mass is 127. The zero-order valence-electron chi connectivity index (χ0n) is 18.9. The minimum Gasteiger partial charge on any atom is -0.490 e. The van der Waals surface area contributed by atoms with Crippen LogP contribution in [0.5, 0.6) is 11.5 Å². The fourth-order valence-electron chi connectivity index (χ4n) is 3.28. The quantitative estimate of drug-likeness (QED) is 0.0952. The van der Waals surface area contributed by atoms with Crippen molar-refractivity contribution in [3.63, 3.8) is 0 Å². The van der Waals surface area contributed by atoms with Crippen molar-refractivity contribution in [3.8, 4) is 11.5 Å². The number of nitro benzene ring substituents is 1. The first-order valence-electron chi connectivity index (χ1n) is 10.7. The molecule has 0 aliphatic rings. The summed E-state index contributed by atoms with van der Waals surface area (Å²) in [6.45, 7) is 2.72. The Labute approximate surface area is 227 Å². The molecule has 9 nitrogen and oxygen atoms in total. The predicted molar refractivity (Wildman–Crippen MR) is 147 cm³/mol. The highest BCUT2D eigenvalue weighted by Crippen LogP contribution is 2.34. The largest absolute Gasteiger partial charge is 0.490 e. The third-order valence-corrected chi connectivity index (χ3v) is 6.27. The number of carbonyl (C=O) groups excluding carboxylic acids is 1. The van der Waals surface area contributed by atoms with Crippen molar-refractivity contribution >= 4 is 67.3 Å². The number of nitrogens with zero attached hydrogens (tertiary/aromatic N) is 2. The van der Waals surface area contributed by atoms with E-state index in [0.717, 1.165) is 13.6 Å². The Morgan fingerprint density at radius 2 is 1.94 bits per heavy atom. The van der Waals surface area contributed by atoms with E-state index < -0.39 is 10.8 Å². The Kier molecular flexibility index (Phi) is 8.21. The first kappa shape index (κ1) is 25.6. The number of hydrazone groups is 1. The minimum absolute atomic E-state index is 0.0103. The summed E-state index contributed by atoms with van der Waals surface area (Å²) in [5.74, 6) is 0.592. The zero-order valence-corrected chi connectivity index (χ0v) is 22.6. The number of rotatable bonds is 9. The van der Waals surface area contributed by atoms with Gasteiger partial charge in [-0.3, -0.25) is 14.9 Å². The lowest BCUT2D eigenvalue weighted by Gasteiger charge is -2.14. The topological polar surface area (TPSA) is 116 Å². The van der Waals surface area contributed by atoms with E-state index in [-0.39, 0.29) is 11.4 Å². The van der Waals surface area contributed by atoms with E-state index >= 15 is 0 Å². The van der Waals surface area contributed by atoms with Gasteiger partial charge in [0.25, 0.3) is 5.69 Å². The number of fused-ring (bicyclic) bond motifs is 1. The van der Waals surface area contributed by atoms with Gasteiger partial charge in [-0.2, -0.15) is 5.10 Å². The van der Waals surface area contributed by atoms with E-state index in [1.165, 1.54) is 30.5 Å². The lowest BCUT2D eigenvalue weighted by molar-refractivity contribution is -0.384. The van der Waals surface area contributed by atoms with Gasteiger partial charge in [0.15, 0.2) is 17.3 Å². The lowest BCUT2D eigenvalue weighted by Crippen LogP contribution is -2.16. The Hall–Kier alpha value is -3.45. The number of halogens is 2. The first-order valence-corrected chi connectivity index (χ1v) is 12.6. The van der Waals surface area contributed by atoms with E-state index in [1.807, 2.05) is 37.3 Å². The Balaban J connectivity index is 1.46. The maximum Gasteiger partial charge on any atom is 0.307 e. The molecule has 4 aromatic rings. The van der Waals surface area contributed by atoms with Crippen molar-refractivity contribution in [2.75, 3.05) is 6.61 Å². The third kappa shape index (κ3) is 6.21. The molecule has 36 heavy (non-hydrogen) atoms. The molecule has 1 amide bonds. The van der Waals surface area contributed by atoms with Crippen LogP contribution in [0.4, 0.5) is 5.69 Å². The van der Waals surface area contributed by atoms with Gasteiger partial charge < -0.3 is 13.9 Å².